The Morgan fingerprint density at radius 3 is 2.46 bits per heavy atom. The van der Waals surface area contributed by atoms with Crippen molar-refractivity contribution in [2.24, 2.45) is 0 Å². The molecule has 2 rings (SSSR count). The maximum Gasteiger partial charge on any atom is 0.107 e. The molecule has 0 saturated heterocycles. The van der Waals surface area contributed by atoms with Crippen molar-refractivity contribution in [3.8, 4) is 0 Å². The van der Waals surface area contributed by atoms with Crippen LogP contribution < -0.4 is 5.19 Å². The molecule has 0 N–H and O–H groups in total. The van der Waals surface area contributed by atoms with Crippen LogP contribution in [0.2, 0.25) is 13.1 Å². The average molecular weight is 188 g/mol. The lowest BCUT2D eigenvalue weighted by Gasteiger charge is -2.18. The highest BCUT2D eigenvalue weighted by Gasteiger charge is 2.39. The molecule has 0 bridgehead atoms. The molecule has 0 radical (unpaired) electrons. The van der Waals surface area contributed by atoms with Gasteiger partial charge in [-0.3, -0.25) is 0 Å². The molecule has 0 aliphatic carbocycles. The Kier molecular flexibility index (Phi) is 1.74. The van der Waals surface area contributed by atoms with Gasteiger partial charge < -0.3 is 0 Å². The lowest BCUT2D eigenvalue weighted by molar-refractivity contribution is 0.970. The Bertz CT molecular complexity index is 363. The van der Waals surface area contributed by atoms with Crippen LogP contribution in [0.5, 0.6) is 0 Å². The molecule has 13 heavy (non-hydrogen) atoms. The summed E-state index contributed by atoms with van der Waals surface area (Å²) in [5, 5.41) is 3.07. The Morgan fingerprint density at radius 2 is 1.85 bits per heavy atom. The van der Waals surface area contributed by atoms with Crippen molar-refractivity contribution in [2.75, 3.05) is 0 Å². The molecule has 0 spiro atoms. The molecule has 68 valence electrons. The smallest absolute Gasteiger partial charge is 0.103 e. The Balaban J connectivity index is 2.68. The molecule has 0 nitrogen and oxygen atoms in total. The van der Waals surface area contributed by atoms with E-state index in [9.17, 15) is 0 Å². The summed E-state index contributed by atoms with van der Waals surface area (Å²) in [4.78, 5) is 0. The predicted molar refractivity (Wildman–Crippen MR) is 61.1 cm³/mol. The standard InChI is InChI=1S/C12H16Si/c1-9-10(2)13(3,4)12-8-6-5-7-11(9)12/h5-9H,2H2,1,3-4H3. The van der Waals surface area contributed by atoms with Gasteiger partial charge in [0.15, 0.2) is 0 Å². The largest absolute Gasteiger partial charge is 0.107 e. The third-order valence-corrected chi connectivity index (χ3v) is 7.27. The molecule has 1 aliphatic heterocycles. The van der Waals surface area contributed by atoms with Crippen molar-refractivity contribution < 1.29 is 0 Å². The molecule has 0 fully saturated rings. The Morgan fingerprint density at radius 1 is 1.23 bits per heavy atom. The van der Waals surface area contributed by atoms with Crippen LogP contribution in [-0.4, -0.2) is 8.07 Å². The van der Waals surface area contributed by atoms with E-state index in [1.54, 1.807) is 5.19 Å². The summed E-state index contributed by atoms with van der Waals surface area (Å²) in [5.41, 5.74) is 1.52. The summed E-state index contributed by atoms with van der Waals surface area (Å²) < 4.78 is 0. The number of hydrogen-bond acceptors (Lipinski definition) is 0. The molecule has 0 aromatic heterocycles. The van der Waals surface area contributed by atoms with Gasteiger partial charge in [-0.25, -0.2) is 0 Å². The summed E-state index contributed by atoms with van der Waals surface area (Å²) in [7, 11) is -1.32. The molecular formula is C12H16Si. The van der Waals surface area contributed by atoms with E-state index >= 15 is 0 Å². The van der Waals surface area contributed by atoms with Crippen LogP contribution in [0.3, 0.4) is 0 Å². The molecule has 1 aromatic rings. The van der Waals surface area contributed by atoms with E-state index < -0.39 is 8.07 Å². The van der Waals surface area contributed by atoms with Crippen LogP contribution in [0.4, 0.5) is 0 Å². The number of fused-ring (bicyclic) bond motifs is 1. The SMILES string of the molecule is C=C1C(C)c2ccccc2[Si]1(C)C. The predicted octanol–water partition coefficient (Wildman–Crippen LogP) is 2.81. The second-order valence-electron chi connectivity index (χ2n) is 4.46. The first kappa shape index (κ1) is 8.76. The fraction of sp³-hybridized carbons (Fsp3) is 0.333. The summed E-state index contributed by atoms with van der Waals surface area (Å²) in [6.07, 6.45) is 0. The zero-order valence-corrected chi connectivity index (χ0v) is 9.59. The average Bonchev–Trinajstić information content (AvgIpc) is 2.30. The van der Waals surface area contributed by atoms with Crippen LogP contribution in [0.1, 0.15) is 18.4 Å². The van der Waals surface area contributed by atoms with Crippen LogP contribution in [0, 0.1) is 0 Å². The first-order valence-electron chi connectivity index (χ1n) is 4.84. The summed E-state index contributed by atoms with van der Waals surface area (Å²) in [6, 6.07) is 8.83. The second-order valence-corrected chi connectivity index (χ2v) is 8.89. The third-order valence-electron chi connectivity index (χ3n) is 3.43. The summed E-state index contributed by atoms with van der Waals surface area (Å²) >= 11 is 0. The Labute approximate surface area is 81.3 Å². The minimum absolute atomic E-state index is 0.581. The molecular weight excluding hydrogens is 172 g/mol. The Hall–Kier alpha value is -0.823. The first-order chi connectivity index (χ1) is 6.05. The van der Waals surface area contributed by atoms with Crippen LogP contribution in [0.25, 0.3) is 0 Å². The van der Waals surface area contributed by atoms with Crippen molar-refractivity contribution in [1.29, 1.82) is 0 Å². The van der Waals surface area contributed by atoms with Crippen molar-refractivity contribution in [3.05, 3.63) is 41.6 Å². The van der Waals surface area contributed by atoms with E-state index in [0.29, 0.717) is 5.92 Å². The van der Waals surface area contributed by atoms with Gasteiger partial charge in [0, 0.05) is 0 Å². The van der Waals surface area contributed by atoms with Crippen molar-refractivity contribution in [3.63, 3.8) is 0 Å². The quantitative estimate of drug-likeness (QED) is 0.549. The molecule has 1 atom stereocenters. The lowest BCUT2D eigenvalue weighted by atomic mass is 10.0. The van der Waals surface area contributed by atoms with Crippen LogP contribution >= 0.6 is 0 Å². The molecule has 1 aromatic carbocycles. The van der Waals surface area contributed by atoms with E-state index in [1.807, 2.05) is 0 Å². The number of rotatable bonds is 0. The second kappa shape index (κ2) is 2.58. The fourth-order valence-electron chi connectivity index (χ4n) is 2.35. The normalized spacial score (nSPS) is 24.5. The van der Waals surface area contributed by atoms with Crippen LogP contribution in [0.15, 0.2) is 36.0 Å². The van der Waals surface area contributed by atoms with E-state index in [0.717, 1.165) is 0 Å². The molecule has 0 amide bonds. The molecule has 1 heteroatoms. The van der Waals surface area contributed by atoms with Crippen LogP contribution in [-0.2, 0) is 0 Å². The van der Waals surface area contributed by atoms with Crippen molar-refractivity contribution in [2.45, 2.75) is 25.9 Å². The lowest BCUT2D eigenvalue weighted by Crippen LogP contribution is -2.39. The van der Waals surface area contributed by atoms with Gasteiger partial charge in [0.05, 0.1) is 0 Å². The third kappa shape index (κ3) is 1.03. The van der Waals surface area contributed by atoms with E-state index in [1.165, 1.54) is 10.8 Å². The van der Waals surface area contributed by atoms with Gasteiger partial charge in [0.25, 0.3) is 0 Å². The molecule has 1 aliphatic rings. The molecule has 1 heterocycles. The number of allylic oxidation sites excluding steroid dienone is 1. The van der Waals surface area contributed by atoms with Gasteiger partial charge in [0.1, 0.15) is 8.07 Å². The summed E-state index contributed by atoms with van der Waals surface area (Å²) in [6.45, 7) is 11.3. The topological polar surface area (TPSA) is 0 Å². The zero-order chi connectivity index (χ0) is 9.64. The van der Waals surface area contributed by atoms with E-state index in [-0.39, 0.29) is 0 Å². The monoisotopic (exact) mass is 188 g/mol. The van der Waals surface area contributed by atoms with Gasteiger partial charge in [-0.1, -0.05) is 54.7 Å². The van der Waals surface area contributed by atoms with E-state index in [4.69, 9.17) is 0 Å². The zero-order valence-electron chi connectivity index (χ0n) is 8.59. The first-order valence-corrected chi connectivity index (χ1v) is 7.84. The highest BCUT2D eigenvalue weighted by atomic mass is 28.3. The van der Waals surface area contributed by atoms with Gasteiger partial charge in [-0.15, -0.1) is 6.58 Å². The van der Waals surface area contributed by atoms with Gasteiger partial charge in [-0.2, -0.15) is 0 Å². The maximum atomic E-state index is 4.26. The highest BCUT2D eigenvalue weighted by molar-refractivity contribution is 6.97. The minimum Gasteiger partial charge on any atom is -0.103 e. The van der Waals surface area contributed by atoms with E-state index in [2.05, 4.69) is 50.9 Å². The maximum absolute atomic E-state index is 4.26. The van der Waals surface area contributed by atoms with Gasteiger partial charge >= 0.3 is 0 Å². The number of benzene rings is 1. The molecule has 1 unspecified atom stereocenters. The molecule has 0 saturated carbocycles. The minimum atomic E-state index is -1.32. The number of hydrogen-bond donors (Lipinski definition) is 0. The fourth-order valence-corrected chi connectivity index (χ4v) is 5.46. The highest BCUT2D eigenvalue weighted by Crippen LogP contribution is 2.36. The van der Waals surface area contributed by atoms with Crippen molar-refractivity contribution in [1.82, 2.24) is 0 Å². The van der Waals surface area contributed by atoms with Gasteiger partial charge in [0.2, 0.25) is 0 Å². The van der Waals surface area contributed by atoms with Gasteiger partial charge in [-0.05, 0) is 11.5 Å². The van der Waals surface area contributed by atoms with Crippen molar-refractivity contribution >= 4 is 13.3 Å². The summed E-state index contributed by atoms with van der Waals surface area (Å²) in [5.74, 6) is 0.581.